The van der Waals surface area contributed by atoms with Gasteiger partial charge in [-0.1, -0.05) is 48.5 Å². The van der Waals surface area contributed by atoms with Crippen molar-refractivity contribution in [2.45, 2.75) is 107 Å². The molecular formula is C37H47N5O. The van der Waals surface area contributed by atoms with Gasteiger partial charge >= 0.3 is 0 Å². The monoisotopic (exact) mass is 577 g/mol. The van der Waals surface area contributed by atoms with Crippen LogP contribution in [0.15, 0.2) is 12.1 Å². The fourth-order valence-corrected chi connectivity index (χ4v) is 7.48. The number of hydrogen-bond acceptors (Lipinski definition) is 3. The summed E-state index contributed by atoms with van der Waals surface area (Å²) in [6, 6.07) is 4.33. The molecule has 6 heteroatoms. The highest BCUT2D eigenvalue weighted by atomic mass is 16.1. The van der Waals surface area contributed by atoms with E-state index in [1.165, 1.54) is 39.0 Å². The van der Waals surface area contributed by atoms with Gasteiger partial charge in [0.25, 0.3) is 5.91 Å². The van der Waals surface area contributed by atoms with Gasteiger partial charge in [0.1, 0.15) is 0 Å². The Hall–Kier alpha value is -3.93. The van der Waals surface area contributed by atoms with E-state index in [1.54, 1.807) is 0 Å². The predicted molar refractivity (Wildman–Crippen MR) is 182 cm³/mol. The van der Waals surface area contributed by atoms with Crippen LogP contribution >= 0.6 is 0 Å². The maximum atomic E-state index is 13.6. The molecule has 0 atom stereocenters. The number of primary amides is 1. The van der Waals surface area contributed by atoms with Gasteiger partial charge in [0.2, 0.25) is 0 Å². The number of carbonyl (C=O) groups is 1. The van der Waals surface area contributed by atoms with Crippen molar-refractivity contribution >= 4 is 51.3 Å². The van der Waals surface area contributed by atoms with E-state index in [-0.39, 0.29) is 0 Å². The quantitative estimate of drug-likeness (QED) is 0.209. The fourth-order valence-electron chi connectivity index (χ4n) is 7.48. The molecule has 5 heterocycles. The van der Waals surface area contributed by atoms with Crippen LogP contribution in [0, 0.1) is 0 Å². The second kappa shape index (κ2) is 12.4. The van der Waals surface area contributed by atoms with Gasteiger partial charge in [0.15, 0.2) is 0 Å². The van der Waals surface area contributed by atoms with Gasteiger partial charge < -0.3 is 15.3 Å². The average molecular weight is 578 g/mol. The van der Waals surface area contributed by atoms with Crippen molar-refractivity contribution in [1.29, 1.82) is 0 Å². The van der Waals surface area contributed by atoms with Gasteiger partial charge in [0.05, 0.1) is 39.4 Å². The molecule has 0 unspecified atom stereocenters. The molecule has 0 saturated carbocycles. The third kappa shape index (κ3) is 4.85. The number of nitrogens with two attached hydrogens (primary N) is 1. The summed E-state index contributed by atoms with van der Waals surface area (Å²) in [5.41, 5.74) is 23.5. The van der Waals surface area contributed by atoms with E-state index in [2.05, 4.69) is 89.2 Å². The number of amides is 1. The van der Waals surface area contributed by atoms with Gasteiger partial charge in [-0.3, -0.25) is 4.79 Å². The van der Waals surface area contributed by atoms with Crippen molar-refractivity contribution in [2.75, 3.05) is 0 Å². The first-order valence-electron chi connectivity index (χ1n) is 16.3. The molecule has 3 aromatic rings. The second-order valence-electron chi connectivity index (χ2n) is 11.3. The molecule has 0 fully saturated rings. The van der Waals surface area contributed by atoms with E-state index in [1.807, 2.05) is 0 Å². The number of aryl methyl sites for hydroxylation is 6. The lowest BCUT2D eigenvalue weighted by Gasteiger charge is -2.08. The van der Waals surface area contributed by atoms with Crippen molar-refractivity contribution < 1.29 is 4.79 Å². The third-order valence-corrected chi connectivity index (χ3v) is 9.29. The molecule has 226 valence electrons. The summed E-state index contributed by atoms with van der Waals surface area (Å²) in [5.74, 6) is -0.403. The minimum absolute atomic E-state index is 0.403. The zero-order chi connectivity index (χ0) is 31.0. The maximum absolute atomic E-state index is 13.6. The number of H-pyrrole nitrogens is 1. The SMILES string of the molecule is CCC1=C(CC)c2nc1cc1nc(cc3c(CC)c(CC)c(c(C(N)=O)c4[nH]c(c2CC)c(CC)c4CC)n3CC)C=C1. The molecular weight excluding hydrogens is 530 g/mol. The average Bonchev–Trinajstić information content (AvgIpc) is 3.75. The number of fused-ring (bicyclic) bond motifs is 8. The van der Waals surface area contributed by atoms with E-state index < -0.39 is 5.91 Å². The Morgan fingerprint density at radius 3 is 1.81 bits per heavy atom. The molecule has 0 aliphatic carbocycles. The lowest BCUT2D eigenvalue weighted by molar-refractivity contribution is 0.100. The van der Waals surface area contributed by atoms with Gasteiger partial charge in [-0.25, -0.2) is 9.97 Å². The number of aromatic nitrogens is 4. The summed E-state index contributed by atoms with van der Waals surface area (Å²) < 4.78 is 2.28. The van der Waals surface area contributed by atoms with Crippen LogP contribution in [0.5, 0.6) is 0 Å². The number of hydrogen-bond donors (Lipinski definition) is 2. The lowest BCUT2D eigenvalue weighted by Crippen LogP contribution is -2.14. The Balaban J connectivity index is 2.19. The first-order chi connectivity index (χ1) is 20.8. The largest absolute Gasteiger partial charge is 0.365 e. The maximum Gasteiger partial charge on any atom is 0.252 e. The Morgan fingerprint density at radius 1 is 0.698 bits per heavy atom. The molecule has 43 heavy (non-hydrogen) atoms. The first kappa shape index (κ1) is 30.5. The number of aromatic amines is 1. The van der Waals surface area contributed by atoms with Crippen LogP contribution in [-0.4, -0.2) is 25.4 Å². The predicted octanol–water partition coefficient (Wildman–Crippen LogP) is 8.62. The first-order valence-corrected chi connectivity index (χ1v) is 16.3. The zero-order valence-electron chi connectivity index (χ0n) is 27.3. The number of allylic oxidation sites excluding steroid dienone is 2. The van der Waals surface area contributed by atoms with Crippen molar-refractivity contribution in [3.8, 4) is 0 Å². The second-order valence-corrected chi connectivity index (χ2v) is 11.3. The van der Waals surface area contributed by atoms with Crippen LogP contribution in [0.25, 0.3) is 45.4 Å². The number of rotatable bonds is 9. The summed E-state index contributed by atoms with van der Waals surface area (Å²) in [6.45, 7) is 18.3. The van der Waals surface area contributed by atoms with Crippen molar-refractivity contribution in [1.82, 2.24) is 19.5 Å². The molecule has 0 radical (unpaired) electrons. The standard InChI is InChI=1S/C37H47N5O/c1-9-23-25(11-3)33-29(15-7)34-26(12-4)27(13-5)35(41-34)32(37(38)43)36-28(14-6)24(10-2)31(42(36)16-8)20-22-18-17-21(39-22)19-30(23)40-33/h17-20,41H,9-16H2,1-8H3,(H2,38,43). The van der Waals surface area contributed by atoms with E-state index in [0.29, 0.717) is 12.1 Å². The Labute approximate surface area is 256 Å². The van der Waals surface area contributed by atoms with Crippen LogP contribution in [-0.2, 0) is 38.6 Å². The molecule has 2 aliphatic heterocycles. The van der Waals surface area contributed by atoms with Gasteiger partial charge in [0, 0.05) is 23.1 Å². The van der Waals surface area contributed by atoms with Crippen LogP contribution in [0.1, 0.15) is 129 Å². The Morgan fingerprint density at radius 2 is 1.28 bits per heavy atom. The normalized spacial score (nSPS) is 12.9. The summed E-state index contributed by atoms with van der Waals surface area (Å²) in [7, 11) is 0. The minimum atomic E-state index is -0.403. The highest BCUT2D eigenvalue weighted by molar-refractivity contribution is 6.09. The summed E-state index contributed by atoms with van der Waals surface area (Å²) in [6.07, 6.45) is 10.1. The Kier molecular flexibility index (Phi) is 8.77. The molecule has 3 aromatic heterocycles. The summed E-state index contributed by atoms with van der Waals surface area (Å²) in [4.78, 5) is 27.8. The number of carbonyl (C=O) groups excluding carboxylic acids is 1. The van der Waals surface area contributed by atoms with Gasteiger partial charge in [-0.2, -0.15) is 0 Å². The van der Waals surface area contributed by atoms with E-state index in [4.69, 9.17) is 15.7 Å². The van der Waals surface area contributed by atoms with E-state index in [9.17, 15) is 4.79 Å². The van der Waals surface area contributed by atoms with E-state index in [0.717, 1.165) is 89.8 Å². The molecule has 0 saturated heterocycles. The van der Waals surface area contributed by atoms with Crippen LogP contribution < -0.4 is 5.73 Å². The van der Waals surface area contributed by atoms with Crippen molar-refractivity contribution in [3.63, 3.8) is 0 Å². The topological polar surface area (TPSA) is 89.6 Å². The number of nitrogens with one attached hydrogen (secondary N) is 1. The summed E-state index contributed by atoms with van der Waals surface area (Å²) in [5, 5.41) is 0. The number of nitrogens with zero attached hydrogens (tertiary/aromatic N) is 3. The van der Waals surface area contributed by atoms with Crippen LogP contribution in [0.4, 0.5) is 0 Å². The Bertz CT molecular complexity index is 1830. The molecule has 6 nitrogen and oxygen atoms in total. The van der Waals surface area contributed by atoms with Crippen molar-refractivity contribution in [2.24, 2.45) is 5.73 Å². The zero-order valence-corrected chi connectivity index (χ0v) is 27.3. The molecule has 2 aliphatic rings. The fraction of sp³-hybridized carbons (Fsp3) is 0.432. The third-order valence-electron chi connectivity index (χ3n) is 9.29. The van der Waals surface area contributed by atoms with Gasteiger partial charge in [-0.05, 0) is 110 Å². The molecule has 3 N–H and O–H groups in total. The molecule has 0 spiro atoms. The van der Waals surface area contributed by atoms with Crippen LogP contribution in [0.3, 0.4) is 0 Å². The molecule has 5 rings (SSSR count). The lowest BCUT2D eigenvalue weighted by atomic mass is 9.95. The smallest absolute Gasteiger partial charge is 0.252 e. The molecule has 8 bridgehead atoms. The highest BCUT2D eigenvalue weighted by Gasteiger charge is 2.26. The van der Waals surface area contributed by atoms with Crippen LogP contribution in [0.2, 0.25) is 0 Å². The molecule has 1 amide bonds. The van der Waals surface area contributed by atoms with E-state index >= 15 is 0 Å². The van der Waals surface area contributed by atoms with Gasteiger partial charge in [-0.15, -0.1) is 0 Å². The minimum Gasteiger partial charge on any atom is -0.365 e. The van der Waals surface area contributed by atoms with Crippen molar-refractivity contribution in [3.05, 3.63) is 68.3 Å². The summed E-state index contributed by atoms with van der Waals surface area (Å²) >= 11 is 0. The highest BCUT2D eigenvalue weighted by Crippen LogP contribution is 2.39. The molecule has 0 aromatic carbocycles.